The van der Waals surface area contributed by atoms with Crippen molar-refractivity contribution in [3.63, 3.8) is 0 Å². The number of imide groups is 1. The highest BCUT2D eigenvalue weighted by atomic mass is 16.2. The second-order valence-corrected chi connectivity index (χ2v) is 6.50. The summed E-state index contributed by atoms with van der Waals surface area (Å²) in [5, 5.41) is 3.31. The van der Waals surface area contributed by atoms with Crippen LogP contribution in [0.15, 0.2) is 0 Å². The number of carbonyl (C=O) groups excluding carboxylic acids is 2. The molecule has 108 valence electrons. The van der Waals surface area contributed by atoms with Crippen molar-refractivity contribution in [2.75, 3.05) is 19.6 Å². The summed E-state index contributed by atoms with van der Waals surface area (Å²) in [4.78, 5) is 25.9. The maximum atomic E-state index is 12.2. The molecule has 0 aliphatic carbocycles. The van der Waals surface area contributed by atoms with Crippen LogP contribution in [0.3, 0.4) is 0 Å². The Balaban J connectivity index is 1.88. The van der Waals surface area contributed by atoms with Crippen molar-refractivity contribution < 1.29 is 9.59 Å². The molecule has 2 saturated heterocycles. The zero-order valence-corrected chi connectivity index (χ0v) is 12.2. The molecule has 2 amide bonds. The monoisotopic (exact) mass is 266 g/mol. The highest BCUT2D eigenvalue weighted by Crippen LogP contribution is 2.27. The molecule has 2 aliphatic rings. The zero-order chi connectivity index (χ0) is 13.8. The van der Waals surface area contributed by atoms with Gasteiger partial charge in [-0.3, -0.25) is 14.5 Å². The van der Waals surface area contributed by atoms with E-state index < -0.39 is 0 Å². The van der Waals surface area contributed by atoms with Crippen LogP contribution in [-0.4, -0.2) is 36.3 Å². The number of nitrogens with one attached hydrogen (secondary N) is 1. The standard InChI is InChI=1S/C15H26N2O2/c1-11(2)7-13-8-14(18)17(15(19)9-13)10-12-3-5-16-6-4-12/h11-13,16H,3-10H2,1-2H3. The van der Waals surface area contributed by atoms with Gasteiger partial charge in [0, 0.05) is 19.4 Å². The van der Waals surface area contributed by atoms with E-state index in [9.17, 15) is 9.59 Å². The van der Waals surface area contributed by atoms with Gasteiger partial charge in [0.2, 0.25) is 11.8 Å². The number of piperidine rings is 2. The summed E-state index contributed by atoms with van der Waals surface area (Å²) in [7, 11) is 0. The topological polar surface area (TPSA) is 49.4 Å². The normalized spacial score (nSPS) is 23.4. The van der Waals surface area contributed by atoms with E-state index in [1.165, 1.54) is 4.90 Å². The summed E-state index contributed by atoms with van der Waals surface area (Å²) in [5.41, 5.74) is 0. The second-order valence-electron chi connectivity index (χ2n) is 6.50. The predicted molar refractivity (Wildman–Crippen MR) is 74.5 cm³/mol. The van der Waals surface area contributed by atoms with Crippen molar-refractivity contribution in [3.8, 4) is 0 Å². The van der Waals surface area contributed by atoms with Gasteiger partial charge in [-0.1, -0.05) is 13.8 Å². The summed E-state index contributed by atoms with van der Waals surface area (Å²) >= 11 is 0. The lowest BCUT2D eigenvalue weighted by Crippen LogP contribution is -2.47. The smallest absolute Gasteiger partial charge is 0.229 e. The van der Waals surface area contributed by atoms with Gasteiger partial charge in [0.1, 0.15) is 0 Å². The Morgan fingerprint density at radius 2 is 1.68 bits per heavy atom. The summed E-state index contributed by atoms with van der Waals surface area (Å²) in [6.07, 6.45) is 4.27. The summed E-state index contributed by atoms with van der Waals surface area (Å²) < 4.78 is 0. The Hall–Kier alpha value is -0.900. The van der Waals surface area contributed by atoms with Crippen LogP contribution in [-0.2, 0) is 9.59 Å². The molecule has 0 aromatic heterocycles. The summed E-state index contributed by atoms with van der Waals surface area (Å²) in [6.45, 7) is 6.97. The van der Waals surface area contributed by atoms with Crippen LogP contribution in [0.2, 0.25) is 0 Å². The van der Waals surface area contributed by atoms with E-state index in [1.54, 1.807) is 0 Å². The first-order valence-electron chi connectivity index (χ1n) is 7.60. The quantitative estimate of drug-likeness (QED) is 0.789. The Kier molecular flexibility index (Phi) is 4.97. The molecule has 4 heteroatoms. The van der Waals surface area contributed by atoms with Gasteiger partial charge >= 0.3 is 0 Å². The number of likely N-dealkylation sites (tertiary alicyclic amines) is 1. The van der Waals surface area contributed by atoms with Crippen molar-refractivity contribution in [1.82, 2.24) is 10.2 Å². The van der Waals surface area contributed by atoms with Crippen LogP contribution in [0, 0.1) is 17.8 Å². The molecular formula is C15H26N2O2. The molecule has 2 aliphatic heterocycles. The molecule has 0 unspecified atom stereocenters. The van der Waals surface area contributed by atoms with Crippen LogP contribution < -0.4 is 5.32 Å². The third kappa shape index (κ3) is 4.03. The number of carbonyl (C=O) groups is 2. The van der Waals surface area contributed by atoms with Gasteiger partial charge in [0.05, 0.1) is 0 Å². The van der Waals surface area contributed by atoms with Gasteiger partial charge in [-0.15, -0.1) is 0 Å². The molecule has 2 rings (SSSR count). The minimum atomic E-state index is 0.0560. The molecule has 1 N–H and O–H groups in total. The van der Waals surface area contributed by atoms with Crippen molar-refractivity contribution in [2.45, 2.75) is 46.0 Å². The number of amides is 2. The van der Waals surface area contributed by atoms with Crippen LogP contribution in [0.4, 0.5) is 0 Å². The van der Waals surface area contributed by atoms with E-state index in [-0.39, 0.29) is 17.7 Å². The van der Waals surface area contributed by atoms with Gasteiger partial charge < -0.3 is 5.32 Å². The molecule has 0 spiro atoms. The second kappa shape index (κ2) is 6.51. The highest BCUT2D eigenvalue weighted by Gasteiger charge is 2.34. The molecule has 0 saturated carbocycles. The zero-order valence-electron chi connectivity index (χ0n) is 12.2. The molecule has 4 nitrogen and oxygen atoms in total. The van der Waals surface area contributed by atoms with Crippen LogP contribution in [0.1, 0.15) is 46.0 Å². The van der Waals surface area contributed by atoms with E-state index >= 15 is 0 Å². The molecule has 19 heavy (non-hydrogen) atoms. The van der Waals surface area contributed by atoms with Crippen LogP contribution >= 0.6 is 0 Å². The molecule has 0 aromatic rings. The van der Waals surface area contributed by atoms with E-state index in [1.807, 2.05) is 0 Å². The van der Waals surface area contributed by atoms with Crippen molar-refractivity contribution in [3.05, 3.63) is 0 Å². The minimum absolute atomic E-state index is 0.0560. The van der Waals surface area contributed by atoms with Gasteiger partial charge in [0.25, 0.3) is 0 Å². The Morgan fingerprint density at radius 3 is 2.21 bits per heavy atom. The fourth-order valence-electron chi connectivity index (χ4n) is 3.28. The predicted octanol–water partition coefficient (Wildman–Crippen LogP) is 1.80. The van der Waals surface area contributed by atoms with E-state index in [0.29, 0.717) is 31.2 Å². The molecule has 0 radical (unpaired) electrons. The average Bonchev–Trinajstić information content (AvgIpc) is 2.34. The van der Waals surface area contributed by atoms with E-state index in [2.05, 4.69) is 19.2 Å². The number of rotatable bonds is 4. The van der Waals surface area contributed by atoms with Gasteiger partial charge in [0.15, 0.2) is 0 Å². The van der Waals surface area contributed by atoms with Gasteiger partial charge in [-0.2, -0.15) is 0 Å². The minimum Gasteiger partial charge on any atom is -0.317 e. The average molecular weight is 266 g/mol. The first kappa shape index (κ1) is 14.5. The molecule has 2 fully saturated rings. The SMILES string of the molecule is CC(C)CC1CC(=O)N(CC2CCNCC2)C(=O)C1. The number of nitrogens with zero attached hydrogens (tertiary/aromatic N) is 1. The molecular weight excluding hydrogens is 240 g/mol. The lowest BCUT2D eigenvalue weighted by molar-refractivity contribution is -0.151. The Morgan fingerprint density at radius 1 is 1.11 bits per heavy atom. The number of hydrogen-bond donors (Lipinski definition) is 1. The van der Waals surface area contributed by atoms with Gasteiger partial charge in [-0.25, -0.2) is 0 Å². The van der Waals surface area contributed by atoms with Crippen LogP contribution in [0.25, 0.3) is 0 Å². The third-order valence-corrected chi connectivity index (χ3v) is 4.23. The first-order chi connectivity index (χ1) is 9.06. The maximum absolute atomic E-state index is 12.2. The summed E-state index contributed by atoms with van der Waals surface area (Å²) in [6, 6.07) is 0. The first-order valence-corrected chi connectivity index (χ1v) is 7.60. The Bertz CT molecular complexity index is 317. The van der Waals surface area contributed by atoms with E-state index in [0.717, 1.165) is 32.4 Å². The molecule has 2 heterocycles. The fourth-order valence-corrected chi connectivity index (χ4v) is 3.28. The lowest BCUT2D eigenvalue weighted by Gasteiger charge is -2.34. The van der Waals surface area contributed by atoms with Crippen molar-refractivity contribution in [1.29, 1.82) is 0 Å². The summed E-state index contributed by atoms with van der Waals surface area (Å²) in [5.74, 6) is 1.43. The Labute approximate surface area is 115 Å². The number of hydrogen-bond acceptors (Lipinski definition) is 3. The highest BCUT2D eigenvalue weighted by molar-refractivity contribution is 5.97. The van der Waals surface area contributed by atoms with Crippen LogP contribution in [0.5, 0.6) is 0 Å². The molecule has 0 bridgehead atoms. The van der Waals surface area contributed by atoms with Gasteiger partial charge in [-0.05, 0) is 50.1 Å². The largest absolute Gasteiger partial charge is 0.317 e. The molecule has 0 aromatic carbocycles. The van der Waals surface area contributed by atoms with E-state index in [4.69, 9.17) is 0 Å². The molecule has 0 atom stereocenters. The van der Waals surface area contributed by atoms with Crippen molar-refractivity contribution in [2.24, 2.45) is 17.8 Å². The third-order valence-electron chi connectivity index (χ3n) is 4.23. The fraction of sp³-hybridized carbons (Fsp3) is 0.867. The maximum Gasteiger partial charge on any atom is 0.229 e. The lowest BCUT2D eigenvalue weighted by atomic mass is 9.87. The van der Waals surface area contributed by atoms with Crippen molar-refractivity contribution >= 4 is 11.8 Å².